The van der Waals surface area contributed by atoms with Crippen LogP contribution >= 0.6 is 0 Å². The van der Waals surface area contributed by atoms with Crippen LogP contribution in [0.15, 0.2) is 0 Å². The third-order valence-corrected chi connectivity index (χ3v) is 2.38. The third-order valence-electron chi connectivity index (χ3n) is 2.38. The molecule has 0 radical (unpaired) electrons. The second-order valence-corrected chi connectivity index (χ2v) is 3.86. The first-order chi connectivity index (χ1) is 5.99. The molecule has 0 aliphatic heterocycles. The topological polar surface area (TPSA) is 40.5 Å². The minimum absolute atomic E-state index is 0.211. The van der Waals surface area contributed by atoms with Gasteiger partial charge in [0.1, 0.15) is 0 Å². The van der Waals surface area contributed by atoms with E-state index in [1.807, 2.05) is 14.0 Å². The van der Waals surface area contributed by atoms with Gasteiger partial charge >= 0.3 is 5.97 Å². The van der Waals surface area contributed by atoms with Crippen LogP contribution in [0.4, 0.5) is 0 Å². The van der Waals surface area contributed by atoms with Gasteiger partial charge in [-0.15, -0.1) is 0 Å². The van der Waals surface area contributed by atoms with Crippen molar-refractivity contribution in [3.05, 3.63) is 0 Å². The second kappa shape index (κ2) is 5.97. The van der Waals surface area contributed by atoms with Crippen molar-refractivity contribution in [3.8, 4) is 0 Å². The average Bonchev–Trinajstić information content (AvgIpc) is 2.03. The van der Waals surface area contributed by atoms with Crippen molar-refractivity contribution < 1.29 is 9.90 Å². The molecule has 0 saturated carbocycles. The van der Waals surface area contributed by atoms with E-state index in [1.165, 1.54) is 0 Å². The molecule has 0 heterocycles. The fourth-order valence-electron chi connectivity index (χ4n) is 1.20. The lowest BCUT2D eigenvalue weighted by atomic mass is 10.0. The fourth-order valence-corrected chi connectivity index (χ4v) is 1.20. The number of aliphatic carboxylic acids is 1. The molecule has 1 N–H and O–H groups in total. The Morgan fingerprint density at radius 2 is 2.00 bits per heavy atom. The summed E-state index contributed by atoms with van der Waals surface area (Å²) < 4.78 is 0. The number of hydrogen-bond donors (Lipinski definition) is 1. The molecule has 78 valence electrons. The van der Waals surface area contributed by atoms with Gasteiger partial charge in [-0.1, -0.05) is 13.3 Å². The van der Waals surface area contributed by atoms with Crippen LogP contribution in [-0.2, 0) is 4.79 Å². The minimum Gasteiger partial charge on any atom is -0.481 e. The maximum absolute atomic E-state index is 10.8. The van der Waals surface area contributed by atoms with Crippen molar-refractivity contribution in [1.82, 2.24) is 4.90 Å². The van der Waals surface area contributed by atoms with Gasteiger partial charge in [0.15, 0.2) is 0 Å². The fraction of sp³-hybridized carbons (Fsp3) is 0.900. The Bertz CT molecular complexity index is 157. The molecule has 0 aliphatic rings. The van der Waals surface area contributed by atoms with Crippen LogP contribution in [0.2, 0.25) is 0 Å². The summed E-state index contributed by atoms with van der Waals surface area (Å²) in [6.07, 6.45) is 1.70. The van der Waals surface area contributed by atoms with Gasteiger partial charge in [-0.2, -0.15) is 0 Å². The molecular weight excluding hydrogens is 166 g/mol. The van der Waals surface area contributed by atoms with Crippen LogP contribution in [0.3, 0.4) is 0 Å². The molecule has 3 heteroatoms. The van der Waals surface area contributed by atoms with Gasteiger partial charge in [0.05, 0.1) is 5.92 Å². The van der Waals surface area contributed by atoms with Gasteiger partial charge in [-0.3, -0.25) is 4.79 Å². The summed E-state index contributed by atoms with van der Waals surface area (Å²) in [5.74, 6) is -0.883. The first-order valence-electron chi connectivity index (χ1n) is 4.92. The number of carbonyl (C=O) groups is 1. The highest BCUT2D eigenvalue weighted by molar-refractivity contribution is 5.70. The molecule has 0 fully saturated rings. The van der Waals surface area contributed by atoms with E-state index >= 15 is 0 Å². The van der Waals surface area contributed by atoms with E-state index in [0.29, 0.717) is 12.6 Å². The summed E-state index contributed by atoms with van der Waals surface area (Å²) in [6.45, 7) is 6.82. The quantitative estimate of drug-likeness (QED) is 0.689. The summed E-state index contributed by atoms with van der Waals surface area (Å²) in [5, 5.41) is 8.91. The lowest BCUT2D eigenvalue weighted by Crippen LogP contribution is -2.34. The maximum Gasteiger partial charge on any atom is 0.307 e. The van der Waals surface area contributed by atoms with Crippen molar-refractivity contribution in [1.29, 1.82) is 0 Å². The first kappa shape index (κ1) is 12.4. The largest absolute Gasteiger partial charge is 0.481 e. The van der Waals surface area contributed by atoms with Gasteiger partial charge in [-0.05, 0) is 27.3 Å². The number of hydrogen-bond acceptors (Lipinski definition) is 2. The first-order valence-corrected chi connectivity index (χ1v) is 4.92. The Balaban J connectivity index is 4.01. The lowest BCUT2D eigenvalue weighted by Gasteiger charge is -2.24. The number of rotatable bonds is 6. The van der Waals surface area contributed by atoms with Crippen molar-refractivity contribution >= 4 is 5.97 Å². The van der Waals surface area contributed by atoms with Gasteiger partial charge in [0, 0.05) is 12.6 Å². The van der Waals surface area contributed by atoms with Gasteiger partial charge in [0.25, 0.3) is 0 Å². The molecule has 1 unspecified atom stereocenters. The molecule has 13 heavy (non-hydrogen) atoms. The minimum atomic E-state index is -0.672. The predicted molar refractivity (Wildman–Crippen MR) is 53.8 cm³/mol. The van der Waals surface area contributed by atoms with Crippen LogP contribution in [0.25, 0.3) is 0 Å². The molecular formula is C10H21NO2. The molecule has 0 saturated heterocycles. The van der Waals surface area contributed by atoms with E-state index < -0.39 is 5.97 Å². The molecule has 0 spiro atoms. The highest BCUT2D eigenvalue weighted by Gasteiger charge is 2.19. The molecule has 3 nitrogen and oxygen atoms in total. The zero-order valence-corrected chi connectivity index (χ0v) is 9.08. The SMILES string of the molecule is CCCC(CN(C)C(C)C)C(=O)O. The standard InChI is InChI=1S/C10H21NO2/c1-5-6-9(10(12)13)7-11(4)8(2)3/h8-9H,5-7H2,1-4H3,(H,12,13). The Kier molecular flexibility index (Phi) is 5.71. The Hall–Kier alpha value is -0.570. The van der Waals surface area contributed by atoms with Crippen molar-refractivity contribution in [2.75, 3.05) is 13.6 Å². The van der Waals surface area contributed by atoms with Crippen LogP contribution in [-0.4, -0.2) is 35.6 Å². The van der Waals surface area contributed by atoms with E-state index in [9.17, 15) is 4.79 Å². The van der Waals surface area contributed by atoms with Crippen molar-refractivity contribution in [3.63, 3.8) is 0 Å². The highest BCUT2D eigenvalue weighted by Crippen LogP contribution is 2.09. The Labute approximate surface area is 80.7 Å². The zero-order valence-electron chi connectivity index (χ0n) is 9.08. The van der Waals surface area contributed by atoms with Gasteiger partial charge in [0.2, 0.25) is 0 Å². The smallest absolute Gasteiger partial charge is 0.307 e. The van der Waals surface area contributed by atoms with Crippen molar-refractivity contribution in [2.24, 2.45) is 5.92 Å². The van der Waals surface area contributed by atoms with Crippen LogP contribution in [0.5, 0.6) is 0 Å². The summed E-state index contributed by atoms with van der Waals surface area (Å²) in [5.41, 5.74) is 0. The Morgan fingerprint density at radius 1 is 1.46 bits per heavy atom. The van der Waals surface area contributed by atoms with E-state index in [2.05, 4.69) is 18.7 Å². The van der Waals surface area contributed by atoms with Gasteiger partial charge < -0.3 is 10.0 Å². The van der Waals surface area contributed by atoms with E-state index in [0.717, 1.165) is 12.8 Å². The van der Waals surface area contributed by atoms with E-state index in [1.54, 1.807) is 0 Å². The highest BCUT2D eigenvalue weighted by atomic mass is 16.4. The molecule has 0 rings (SSSR count). The van der Waals surface area contributed by atoms with Crippen LogP contribution in [0, 0.1) is 5.92 Å². The zero-order chi connectivity index (χ0) is 10.4. The lowest BCUT2D eigenvalue weighted by molar-refractivity contribution is -0.142. The normalized spacial score (nSPS) is 13.7. The number of carboxylic acid groups (broad SMARTS) is 1. The predicted octanol–water partition coefficient (Wildman–Crippen LogP) is 1.83. The molecule has 1 atom stereocenters. The third kappa shape index (κ3) is 4.88. The number of nitrogens with zero attached hydrogens (tertiary/aromatic N) is 1. The van der Waals surface area contributed by atoms with Crippen LogP contribution < -0.4 is 0 Å². The average molecular weight is 187 g/mol. The van der Waals surface area contributed by atoms with Gasteiger partial charge in [-0.25, -0.2) is 0 Å². The molecule has 0 bridgehead atoms. The summed E-state index contributed by atoms with van der Waals surface area (Å²) in [6, 6.07) is 0.415. The van der Waals surface area contributed by atoms with Crippen molar-refractivity contribution in [2.45, 2.75) is 39.7 Å². The second-order valence-electron chi connectivity index (χ2n) is 3.86. The summed E-state index contributed by atoms with van der Waals surface area (Å²) >= 11 is 0. The molecule has 0 aliphatic carbocycles. The van der Waals surface area contributed by atoms with Crippen LogP contribution in [0.1, 0.15) is 33.6 Å². The number of carboxylic acids is 1. The maximum atomic E-state index is 10.8. The van der Waals surface area contributed by atoms with E-state index in [-0.39, 0.29) is 5.92 Å². The molecule has 0 aromatic carbocycles. The summed E-state index contributed by atoms with van der Waals surface area (Å²) in [4.78, 5) is 12.9. The monoisotopic (exact) mass is 187 g/mol. The van der Waals surface area contributed by atoms with E-state index in [4.69, 9.17) is 5.11 Å². The molecule has 0 aromatic rings. The summed E-state index contributed by atoms with van der Waals surface area (Å²) in [7, 11) is 1.97. The molecule has 0 amide bonds. The Morgan fingerprint density at radius 3 is 2.31 bits per heavy atom. The molecule has 0 aromatic heterocycles.